The van der Waals surface area contributed by atoms with Crippen LogP contribution in [0.4, 0.5) is 14.5 Å². The highest BCUT2D eigenvalue weighted by Crippen LogP contribution is 2.19. The number of carbonyl (C=O) groups excluding carboxylic acids is 1. The molecular formula is C15H13ClF2N2O3S. The fraction of sp³-hybridized carbons (Fsp3) is 0.133. The van der Waals surface area contributed by atoms with Crippen LogP contribution in [0, 0.1) is 11.6 Å². The van der Waals surface area contributed by atoms with Gasteiger partial charge in [-0.25, -0.2) is 17.2 Å². The number of carbonyl (C=O) groups is 1. The van der Waals surface area contributed by atoms with Crippen LogP contribution in [0.5, 0.6) is 0 Å². The number of rotatable bonds is 5. The molecule has 0 bridgehead atoms. The van der Waals surface area contributed by atoms with Crippen molar-refractivity contribution in [2.75, 3.05) is 18.9 Å². The standard InChI is InChI=1S/C15H13ClF2N2O3S/c1-20(24(22,23)12-5-3-11(17)4-6-12)9-15(21)19-14-7-2-10(16)8-13(14)18/h2-8H,9H2,1H3,(H,19,21). The molecule has 0 aliphatic rings. The molecule has 0 radical (unpaired) electrons. The van der Waals surface area contributed by atoms with Crippen molar-refractivity contribution in [3.63, 3.8) is 0 Å². The van der Waals surface area contributed by atoms with Gasteiger partial charge < -0.3 is 5.32 Å². The molecule has 0 heterocycles. The molecule has 0 spiro atoms. The molecule has 2 aromatic rings. The van der Waals surface area contributed by atoms with Gasteiger partial charge in [0.15, 0.2) is 0 Å². The van der Waals surface area contributed by atoms with Gasteiger partial charge in [0.25, 0.3) is 0 Å². The summed E-state index contributed by atoms with van der Waals surface area (Å²) in [5.41, 5.74) is -0.114. The average molecular weight is 375 g/mol. The SMILES string of the molecule is CN(CC(=O)Nc1ccc(Cl)cc1F)S(=O)(=O)c1ccc(F)cc1. The quantitative estimate of drug-likeness (QED) is 0.875. The minimum atomic E-state index is -3.97. The predicted octanol–water partition coefficient (Wildman–Crippen LogP) is 2.88. The monoisotopic (exact) mass is 374 g/mol. The van der Waals surface area contributed by atoms with Crippen molar-refractivity contribution >= 4 is 33.2 Å². The molecule has 2 aromatic carbocycles. The van der Waals surface area contributed by atoms with Crippen LogP contribution < -0.4 is 5.32 Å². The number of nitrogens with one attached hydrogen (secondary N) is 1. The second-order valence-electron chi connectivity index (χ2n) is 4.89. The van der Waals surface area contributed by atoms with E-state index in [-0.39, 0.29) is 15.6 Å². The van der Waals surface area contributed by atoms with E-state index in [4.69, 9.17) is 11.6 Å². The Bertz CT molecular complexity index is 858. The number of benzene rings is 2. The number of halogens is 3. The summed E-state index contributed by atoms with van der Waals surface area (Å²) in [5, 5.41) is 2.43. The predicted molar refractivity (Wildman–Crippen MR) is 86.3 cm³/mol. The highest BCUT2D eigenvalue weighted by molar-refractivity contribution is 7.89. The molecule has 0 aliphatic carbocycles. The van der Waals surface area contributed by atoms with Crippen LogP contribution in [0.15, 0.2) is 47.4 Å². The molecule has 128 valence electrons. The van der Waals surface area contributed by atoms with E-state index in [1.165, 1.54) is 19.2 Å². The number of hydrogen-bond donors (Lipinski definition) is 1. The Morgan fingerprint density at radius 2 is 1.79 bits per heavy atom. The van der Waals surface area contributed by atoms with Gasteiger partial charge >= 0.3 is 0 Å². The third kappa shape index (κ3) is 4.28. The van der Waals surface area contributed by atoms with Crippen LogP contribution in [0.3, 0.4) is 0 Å². The van der Waals surface area contributed by atoms with Crippen LogP contribution in [0.1, 0.15) is 0 Å². The lowest BCUT2D eigenvalue weighted by Crippen LogP contribution is -2.35. The van der Waals surface area contributed by atoms with Crippen LogP contribution in [-0.4, -0.2) is 32.2 Å². The first kappa shape index (κ1) is 18.3. The van der Waals surface area contributed by atoms with Crippen LogP contribution in [0.2, 0.25) is 5.02 Å². The van der Waals surface area contributed by atoms with Crippen molar-refractivity contribution in [1.82, 2.24) is 4.31 Å². The lowest BCUT2D eigenvalue weighted by Gasteiger charge is -2.17. The Labute approximate surface area is 142 Å². The summed E-state index contributed by atoms with van der Waals surface area (Å²) in [4.78, 5) is 11.8. The Morgan fingerprint density at radius 1 is 1.17 bits per heavy atom. The number of likely N-dealkylation sites (N-methyl/N-ethyl adjacent to an activating group) is 1. The fourth-order valence-electron chi connectivity index (χ4n) is 1.85. The minimum absolute atomic E-state index is 0.114. The summed E-state index contributed by atoms with van der Waals surface area (Å²) in [6, 6.07) is 7.88. The number of amides is 1. The molecule has 0 saturated carbocycles. The topological polar surface area (TPSA) is 66.5 Å². The van der Waals surface area contributed by atoms with Crippen molar-refractivity contribution < 1.29 is 22.0 Å². The summed E-state index contributed by atoms with van der Waals surface area (Å²) < 4.78 is 51.8. The first-order valence-electron chi connectivity index (χ1n) is 6.67. The number of anilines is 1. The summed E-state index contributed by atoms with van der Waals surface area (Å²) in [5.74, 6) is -2.04. The molecule has 0 aromatic heterocycles. The zero-order valence-electron chi connectivity index (χ0n) is 12.5. The minimum Gasteiger partial charge on any atom is -0.322 e. The van der Waals surface area contributed by atoms with Crippen molar-refractivity contribution in [1.29, 1.82) is 0 Å². The van der Waals surface area contributed by atoms with Gasteiger partial charge in [-0.15, -0.1) is 0 Å². The maximum absolute atomic E-state index is 13.6. The average Bonchev–Trinajstić information content (AvgIpc) is 2.50. The molecule has 5 nitrogen and oxygen atoms in total. The van der Waals surface area contributed by atoms with Gasteiger partial charge in [-0.3, -0.25) is 4.79 Å². The molecule has 0 aliphatic heterocycles. The summed E-state index contributed by atoms with van der Waals surface area (Å²) in [7, 11) is -2.78. The Morgan fingerprint density at radius 3 is 2.38 bits per heavy atom. The molecule has 9 heteroatoms. The third-order valence-electron chi connectivity index (χ3n) is 3.09. The van der Waals surface area contributed by atoms with Gasteiger partial charge in [0.05, 0.1) is 17.1 Å². The third-order valence-corrected chi connectivity index (χ3v) is 5.15. The highest BCUT2D eigenvalue weighted by Gasteiger charge is 2.23. The van der Waals surface area contributed by atoms with Crippen molar-refractivity contribution in [3.8, 4) is 0 Å². The van der Waals surface area contributed by atoms with Crippen molar-refractivity contribution in [3.05, 3.63) is 59.1 Å². The van der Waals surface area contributed by atoms with E-state index in [9.17, 15) is 22.0 Å². The second kappa shape index (κ2) is 7.25. The Hall–Kier alpha value is -2.03. The summed E-state index contributed by atoms with van der Waals surface area (Å²) in [6.07, 6.45) is 0. The second-order valence-corrected chi connectivity index (χ2v) is 7.37. The van der Waals surface area contributed by atoms with E-state index in [1.54, 1.807) is 0 Å². The molecule has 0 fully saturated rings. The molecule has 1 amide bonds. The van der Waals surface area contributed by atoms with Crippen LogP contribution >= 0.6 is 11.6 Å². The fourth-order valence-corrected chi connectivity index (χ4v) is 3.14. The number of hydrogen-bond acceptors (Lipinski definition) is 3. The number of nitrogens with zero attached hydrogens (tertiary/aromatic N) is 1. The van der Waals surface area contributed by atoms with Crippen LogP contribution in [0.25, 0.3) is 0 Å². The van der Waals surface area contributed by atoms with Gasteiger partial charge in [-0.05, 0) is 42.5 Å². The maximum atomic E-state index is 13.6. The van der Waals surface area contributed by atoms with Crippen molar-refractivity contribution in [2.24, 2.45) is 0 Å². The van der Waals surface area contributed by atoms with E-state index in [1.807, 2.05) is 0 Å². The van der Waals surface area contributed by atoms with Crippen LogP contribution in [-0.2, 0) is 14.8 Å². The van der Waals surface area contributed by atoms with Gasteiger partial charge in [0.1, 0.15) is 11.6 Å². The van der Waals surface area contributed by atoms with E-state index in [0.717, 1.165) is 34.6 Å². The van der Waals surface area contributed by atoms with Crippen molar-refractivity contribution in [2.45, 2.75) is 4.90 Å². The molecule has 0 atom stereocenters. The van der Waals surface area contributed by atoms with Gasteiger partial charge in [0, 0.05) is 12.1 Å². The van der Waals surface area contributed by atoms with E-state index < -0.39 is 34.1 Å². The molecule has 0 saturated heterocycles. The zero-order chi connectivity index (χ0) is 17.9. The van der Waals surface area contributed by atoms with E-state index in [2.05, 4.69) is 5.32 Å². The highest BCUT2D eigenvalue weighted by atomic mass is 35.5. The molecule has 1 N–H and O–H groups in total. The van der Waals surface area contributed by atoms with E-state index >= 15 is 0 Å². The normalized spacial score (nSPS) is 11.5. The Balaban J connectivity index is 2.09. The smallest absolute Gasteiger partial charge is 0.243 e. The summed E-state index contributed by atoms with van der Waals surface area (Å²) in [6.45, 7) is -0.540. The lowest BCUT2D eigenvalue weighted by molar-refractivity contribution is -0.116. The zero-order valence-corrected chi connectivity index (χ0v) is 14.0. The van der Waals surface area contributed by atoms with E-state index in [0.29, 0.717) is 0 Å². The molecule has 2 rings (SSSR count). The summed E-state index contributed by atoms with van der Waals surface area (Å²) >= 11 is 5.61. The molecule has 24 heavy (non-hydrogen) atoms. The first-order valence-corrected chi connectivity index (χ1v) is 8.49. The van der Waals surface area contributed by atoms with Gasteiger partial charge in [-0.2, -0.15) is 4.31 Å². The Kier molecular flexibility index (Phi) is 5.53. The first-order chi connectivity index (χ1) is 11.2. The lowest BCUT2D eigenvalue weighted by atomic mass is 10.3. The van der Waals surface area contributed by atoms with Gasteiger partial charge in [0.2, 0.25) is 15.9 Å². The largest absolute Gasteiger partial charge is 0.322 e. The molecule has 0 unspecified atom stereocenters. The van der Waals surface area contributed by atoms with Gasteiger partial charge in [-0.1, -0.05) is 11.6 Å². The number of sulfonamides is 1. The molecular weight excluding hydrogens is 362 g/mol. The maximum Gasteiger partial charge on any atom is 0.243 e.